The van der Waals surface area contributed by atoms with Crippen LogP contribution in [0.1, 0.15) is 90.9 Å². The predicted octanol–water partition coefficient (Wildman–Crippen LogP) is 9.49. The van der Waals surface area contributed by atoms with Crippen LogP contribution < -0.4 is 14.8 Å². The van der Waals surface area contributed by atoms with Crippen LogP contribution in [0.3, 0.4) is 0 Å². The van der Waals surface area contributed by atoms with Crippen LogP contribution in [-0.2, 0) is 28.7 Å². The average molecular weight is 799 g/mol. The van der Waals surface area contributed by atoms with Gasteiger partial charge in [-0.05, 0) is 90.8 Å². The first-order valence-electron chi connectivity index (χ1n) is 19.7. The van der Waals surface area contributed by atoms with Gasteiger partial charge in [-0.3, -0.25) is 14.4 Å². The molecule has 1 atom stereocenters. The molecule has 1 saturated carbocycles. The summed E-state index contributed by atoms with van der Waals surface area (Å²) in [6.45, 7) is 1.67. The van der Waals surface area contributed by atoms with Crippen LogP contribution in [0, 0.1) is 17.8 Å². The third-order valence-corrected chi connectivity index (χ3v) is 11.5. The Hall–Kier alpha value is -5.72. The molecule has 2 aliphatic rings. The minimum atomic E-state index is -4.70. The zero-order valence-electron chi connectivity index (χ0n) is 33.0. The van der Waals surface area contributed by atoms with Crippen molar-refractivity contribution < 1.29 is 42.1 Å². The fourth-order valence-corrected chi connectivity index (χ4v) is 8.19. The molecule has 0 spiro atoms. The molecule has 306 valence electrons. The Morgan fingerprint density at radius 3 is 2.21 bits per heavy atom. The predicted molar refractivity (Wildman–Crippen MR) is 214 cm³/mol. The summed E-state index contributed by atoms with van der Waals surface area (Å²) in [6, 6.07) is 14.7. The van der Waals surface area contributed by atoms with Crippen LogP contribution in [0.5, 0.6) is 11.5 Å². The van der Waals surface area contributed by atoms with E-state index in [0.29, 0.717) is 11.4 Å². The third kappa shape index (κ3) is 10.4. The number of amides is 2. The van der Waals surface area contributed by atoms with E-state index in [-0.39, 0.29) is 34.9 Å². The highest BCUT2D eigenvalue weighted by molar-refractivity contribution is 6.00. The van der Waals surface area contributed by atoms with E-state index < -0.39 is 42.5 Å². The molecule has 1 heterocycles. The number of hydrogen-bond acceptors (Lipinski definition) is 7. The van der Waals surface area contributed by atoms with Crippen LogP contribution in [0.25, 0.3) is 17.0 Å². The maximum atomic E-state index is 13.7. The number of alkyl halides is 3. The lowest BCUT2D eigenvalue weighted by Crippen LogP contribution is -2.35. The molecule has 1 fully saturated rings. The van der Waals surface area contributed by atoms with Crippen molar-refractivity contribution in [3.05, 3.63) is 107 Å². The summed E-state index contributed by atoms with van der Waals surface area (Å²) in [4.78, 5) is 48.9. The van der Waals surface area contributed by atoms with Crippen LogP contribution in [0.4, 0.5) is 18.9 Å². The minimum Gasteiger partial charge on any atom is -0.497 e. The molecule has 0 radical (unpaired) electrons. The topological polar surface area (TPSA) is 131 Å². The Balaban J connectivity index is 1.08. The molecule has 10 nitrogen and oxygen atoms in total. The van der Waals surface area contributed by atoms with Gasteiger partial charge in [0.1, 0.15) is 18.0 Å². The Labute approximate surface area is 336 Å². The molecule has 13 heteroatoms. The summed E-state index contributed by atoms with van der Waals surface area (Å²) in [5, 5.41) is 12.2. The molecule has 2 N–H and O–H groups in total. The SMILES string of the molecule is CCC1CCC(C2CC=C(c3cnc(-c4ccc(CN(CC(=O)O)C(=O)c5ccc(NC(=O)Cc6ccc(OC)cc6C(F)(F)F)cc5OC)cc4)nc3)CC2)CC1. The number of carboxylic acids is 1. The molecule has 1 unspecified atom stereocenters. The van der Waals surface area contributed by atoms with Crippen molar-refractivity contribution in [2.24, 2.45) is 17.8 Å². The van der Waals surface area contributed by atoms with Crippen molar-refractivity contribution in [3.63, 3.8) is 0 Å². The van der Waals surface area contributed by atoms with Gasteiger partial charge in [-0.2, -0.15) is 13.2 Å². The van der Waals surface area contributed by atoms with E-state index in [1.807, 2.05) is 24.5 Å². The van der Waals surface area contributed by atoms with Gasteiger partial charge in [-0.15, -0.1) is 0 Å². The van der Waals surface area contributed by atoms with Crippen molar-refractivity contribution in [3.8, 4) is 22.9 Å². The number of ether oxygens (including phenoxy) is 2. The van der Waals surface area contributed by atoms with E-state index >= 15 is 0 Å². The van der Waals surface area contributed by atoms with E-state index in [0.717, 1.165) is 52.7 Å². The average Bonchev–Trinajstić information content (AvgIpc) is 3.23. The number of allylic oxidation sites excluding steroid dienone is 2. The monoisotopic (exact) mass is 798 g/mol. The molecular formula is C45H49F3N4O6. The number of carbonyl (C=O) groups is 3. The van der Waals surface area contributed by atoms with Gasteiger partial charge in [-0.1, -0.05) is 62.6 Å². The second kappa shape index (κ2) is 18.7. The first-order valence-corrected chi connectivity index (χ1v) is 19.7. The van der Waals surface area contributed by atoms with E-state index in [2.05, 4.69) is 28.3 Å². The standard InChI is InChI=1S/C45H49F3N4O6/c1-4-28-5-9-30(10-6-28)31-13-15-32(16-14-31)35-24-49-43(50-25-35)33-11-7-29(8-12-33)26-52(27-42(54)55)44(56)38-20-18-36(22-40(38)58-3)51-41(53)21-34-17-19-37(57-2)23-39(34)45(46,47)48/h7-8,11-12,15,17-20,22-25,28,30-31H,4-6,9-10,13-14,16,21,26-27H2,1-3H3,(H,51,53)(H,54,55). The maximum Gasteiger partial charge on any atom is 0.416 e. The van der Waals surface area contributed by atoms with Crippen LogP contribution in [-0.4, -0.2) is 58.5 Å². The summed E-state index contributed by atoms with van der Waals surface area (Å²) in [7, 11) is 2.55. The number of carboxylic acid groups (broad SMARTS) is 1. The van der Waals surface area contributed by atoms with Crippen LogP contribution >= 0.6 is 0 Å². The highest BCUT2D eigenvalue weighted by atomic mass is 19.4. The van der Waals surface area contributed by atoms with Gasteiger partial charge in [-0.25, -0.2) is 9.97 Å². The normalized spacial score (nSPS) is 18.2. The number of benzene rings is 3. The first kappa shape index (κ1) is 41.9. The largest absolute Gasteiger partial charge is 0.497 e. The number of anilines is 1. The van der Waals surface area contributed by atoms with Gasteiger partial charge in [0.2, 0.25) is 5.91 Å². The number of hydrogen-bond donors (Lipinski definition) is 2. The molecule has 3 aromatic carbocycles. The number of halogens is 3. The lowest BCUT2D eigenvalue weighted by Gasteiger charge is -2.35. The molecule has 2 aliphatic carbocycles. The molecule has 0 bridgehead atoms. The van der Waals surface area contributed by atoms with E-state index in [1.165, 1.54) is 88.6 Å². The molecule has 0 aliphatic heterocycles. The maximum absolute atomic E-state index is 13.7. The quantitative estimate of drug-likeness (QED) is 0.129. The molecule has 1 aromatic heterocycles. The summed E-state index contributed by atoms with van der Waals surface area (Å²) in [6.07, 6.45) is 11.0. The number of aromatic nitrogens is 2. The lowest BCUT2D eigenvalue weighted by molar-refractivity contribution is -0.139. The molecule has 2 amide bonds. The zero-order valence-corrected chi connectivity index (χ0v) is 33.0. The Kier molecular flexibility index (Phi) is 13.5. The first-order chi connectivity index (χ1) is 27.8. The smallest absolute Gasteiger partial charge is 0.416 e. The van der Waals surface area contributed by atoms with Crippen LogP contribution in [0.2, 0.25) is 0 Å². The minimum absolute atomic E-state index is 0.00497. The summed E-state index contributed by atoms with van der Waals surface area (Å²) >= 11 is 0. The van der Waals surface area contributed by atoms with Gasteiger partial charge >= 0.3 is 12.1 Å². The zero-order chi connectivity index (χ0) is 41.4. The van der Waals surface area contributed by atoms with Crippen LogP contribution in [0.15, 0.2) is 79.1 Å². The summed E-state index contributed by atoms with van der Waals surface area (Å²) in [5.41, 5.74) is 2.74. The van der Waals surface area contributed by atoms with Gasteiger partial charge in [0.05, 0.1) is 31.8 Å². The van der Waals surface area contributed by atoms with Gasteiger partial charge in [0, 0.05) is 41.8 Å². The van der Waals surface area contributed by atoms with Gasteiger partial charge < -0.3 is 24.8 Å². The van der Waals surface area contributed by atoms with E-state index in [9.17, 15) is 32.7 Å². The highest BCUT2D eigenvalue weighted by Crippen LogP contribution is 2.42. The van der Waals surface area contributed by atoms with Crippen molar-refractivity contribution >= 4 is 29.0 Å². The van der Waals surface area contributed by atoms with Crippen molar-refractivity contribution in [1.82, 2.24) is 14.9 Å². The molecule has 0 saturated heterocycles. The number of rotatable bonds is 14. The van der Waals surface area contributed by atoms with Gasteiger partial charge in [0.15, 0.2) is 5.82 Å². The second-order valence-electron chi connectivity index (χ2n) is 15.2. The van der Waals surface area contributed by atoms with Gasteiger partial charge in [0.25, 0.3) is 5.91 Å². The van der Waals surface area contributed by atoms with E-state index in [1.54, 1.807) is 12.1 Å². The van der Waals surface area contributed by atoms with Crippen molar-refractivity contribution in [2.45, 2.75) is 77.4 Å². The summed E-state index contributed by atoms with van der Waals surface area (Å²) < 4.78 is 51.4. The fourth-order valence-electron chi connectivity index (χ4n) is 8.19. The van der Waals surface area contributed by atoms with E-state index in [4.69, 9.17) is 9.47 Å². The lowest BCUT2D eigenvalue weighted by atomic mass is 9.71. The number of nitrogens with one attached hydrogen (secondary N) is 1. The number of carbonyl (C=O) groups excluding carboxylic acids is 2. The number of aliphatic carboxylic acids is 1. The second-order valence-corrected chi connectivity index (χ2v) is 15.2. The number of nitrogens with zero attached hydrogens (tertiary/aromatic N) is 3. The summed E-state index contributed by atoms with van der Waals surface area (Å²) in [5.74, 6) is 0.518. The Morgan fingerprint density at radius 1 is 0.879 bits per heavy atom. The highest BCUT2D eigenvalue weighted by Gasteiger charge is 2.34. The molecule has 58 heavy (non-hydrogen) atoms. The Morgan fingerprint density at radius 2 is 1.60 bits per heavy atom. The van der Waals surface area contributed by atoms with Crippen molar-refractivity contribution in [2.75, 3.05) is 26.1 Å². The third-order valence-electron chi connectivity index (χ3n) is 11.5. The molecular weight excluding hydrogens is 750 g/mol. The fraction of sp³-hybridized carbons (Fsp3) is 0.400. The molecule has 6 rings (SSSR count). The molecule has 4 aromatic rings. The number of methoxy groups -OCH3 is 2. The Bertz CT molecular complexity index is 2110. The van der Waals surface area contributed by atoms with Crippen molar-refractivity contribution in [1.29, 1.82) is 0 Å².